The van der Waals surface area contributed by atoms with Crippen LogP contribution in [0.4, 0.5) is 17.6 Å². The minimum absolute atomic E-state index is 0. The van der Waals surface area contributed by atoms with Crippen LogP contribution < -0.4 is 0 Å². The van der Waals surface area contributed by atoms with Gasteiger partial charge in [0.25, 0.3) is 0 Å². The van der Waals surface area contributed by atoms with Crippen LogP contribution in [0.1, 0.15) is 28.6 Å². The number of aromatic nitrogens is 5. The molecule has 3 radical (unpaired) electrons. The number of aryl methyl sites for hydroxylation is 3. The molecule has 0 bridgehead atoms. The Balaban J connectivity index is 0.000000178. The van der Waals surface area contributed by atoms with Crippen LogP contribution in [0.25, 0.3) is 61.1 Å². The molecule has 1 aliphatic heterocycles. The van der Waals surface area contributed by atoms with Crippen LogP contribution in [0.3, 0.4) is 0 Å². The SMILES string of the molecule is Cc1ccc2c(c1)c1ccc[c-]c1c1ncc(-c3c(C)cccc3C)n21.Fc1c[c-]c(-c2ccccn2)c(F)c1.Fc1c[c-]c(-c2ccccn2)c(F)c1.[Ir].[Ir].[Ir].c1ccc(C2N=NN=N2)nc1. The van der Waals surface area contributed by atoms with E-state index in [-0.39, 0.29) is 77.6 Å². The van der Waals surface area contributed by atoms with E-state index in [0.717, 1.165) is 46.7 Å². The normalized spacial score (nSPS) is 11.2. The van der Waals surface area contributed by atoms with E-state index in [4.69, 9.17) is 4.98 Å². The second-order valence-corrected chi connectivity index (χ2v) is 14.6. The van der Waals surface area contributed by atoms with Gasteiger partial charge in [-0.15, -0.1) is 64.1 Å². The first-order chi connectivity index (χ1) is 31.7. The molecule has 1 aliphatic rings. The number of hydrogen-bond donors (Lipinski definition) is 0. The van der Waals surface area contributed by atoms with Gasteiger partial charge in [-0.25, -0.2) is 0 Å². The van der Waals surface area contributed by atoms with Gasteiger partial charge in [0.2, 0.25) is 6.17 Å². The molecule has 11 rings (SSSR count). The van der Waals surface area contributed by atoms with Gasteiger partial charge in [0.1, 0.15) is 0 Å². The van der Waals surface area contributed by atoms with Crippen molar-refractivity contribution in [2.24, 2.45) is 20.7 Å². The summed E-state index contributed by atoms with van der Waals surface area (Å²) in [5, 5.41) is 17.8. The molecule has 0 fully saturated rings. The average molecular weight is 1440 g/mol. The molecular weight excluding hydrogens is 1400 g/mol. The number of rotatable bonds is 4. The van der Waals surface area contributed by atoms with Crippen LogP contribution in [0.5, 0.6) is 0 Å². The molecule has 0 aliphatic carbocycles. The van der Waals surface area contributed by atoms with Gasteiger partial charge in [-0.3, -0.25) is 27.5 Å². The summed E-state index contributed by atoms with van der Waals surface area (Å²) in [6.07, 6.45) is 6.47. The summed E-state index contributed by atoms with van der Waals surface area (Å²) in [5.74, 6) is -2.57. The number of fused-ring (bicyclic) bond motifs is 6. The smallest absolute Gasteiger partial charge is 0.226 e. The molecule has 347 valence electrons. The molecular formula is C52H36F4Ir3N9-3. The van der Waals surface area contributed by atoms with Crippen LogP contribution in [0.15, 0.2) is 179 Å². The third kappa shape index (κ3) is 12.2. The summed E-state index contributed by atoms with van der Waals surface area (Å²) in [7, 11) is 0. The van der Waals surface area contributed by atoms with Crippen molar-refractivity contribution in [2.75, 3.05) is 0 Å². The van der Waals surface area contributed by atoms with E-state index in [1.807, 2.05) is 30.5 Å². The van der Waals surface area contributed by atoms with E-state index < -0.39 is 23.3 Å². The molecule has 0 atom stereocenters. The van der Waals surface area contributed by atoms with E-state index in [9.17, 15) is 17.6 Å². The average Bonchev–Trinajstić information content (AvgIpc) is 4.03. The van der Waals surface area contributed by atoms with E-state index in [2.05, 4.69) is 128 Å². The van der Waals surface area contributed by atoms with Crippen molar-refractivity contribution in [1.29, 1.82) is 0 Å². The summed E-state index contributed by atoms with van der Waals surface area (Å²) in [6, 6.07) is 47.3. The predicted molar refractivity (Wildman–Crippen MR) is 242 cm³/mol. The number of pyridine rings is 4. The van der Waals surface area contributed by atoms with Crippen LogP contribution in [0, 0.1) is 62.2 Å². The fourth-order valence-corrected chi connectivity index (χ4v) is 7.19. The van der Waals surface area contributed by atoms with Crippen molar-refractivity contribution in [3.8, 4) is 33.8 Å². The fraction of sp³-hybridized carbons (Fsp3) is 0.0769. The molecule has 10 aromatic rings. The molecule has 0 N–H and O–H groups in total. The zero-order valence-electron chi connectivity index (χ0n) is 36.1. The predicted octanol–water partition coefficient (Wildman–Crippen LogP) is 13.6. The number of halogens is 4. The van der Waals surface area contributed by atoms with Crippen molar-refractivity contribution >= 4 is 27.3 Å². The Morgan fingerprint density at radius 3 is 1.65 bits per heavy atom. The molecule has 0 spiro atoms. The topological polar surface area (TPSA) is 105 Å². The van der Waals surface area contributed by atoms with Crippen LogP contribution in [0.2, 0.25) is 0 Å². The Hall–Kier alpha value is -6.37. The molecule has 5 aromatic carbocycles. The molecule has 5 aromatic heterocycles. The minimum atomic E-state index is -0.649. The van der Waals surface area contributed by atoms with Gasteiger partial charge in [-0.05, 0) is 89.5 Å². The second kappa shape index (κ2) is 24.6. The van der Waals surface area contributed by atoms with E-state index in [1.54, 1.807) is 55.0 Å². The molecule has 0 saturated carbocycles. The third-order valence-electron chi connectivity index (χ3n) is 10.1. The van der Waals surface area contributed by atoms with Crippen LogP contribution >= 0.6 is 0 Å². The summed E-state index contributed by atoms with van der Waals surface area (Å²) < 4.78 is 53.9. The van der Waals surface area contributed by atoms with Crippen LogP contribution in [-0.2, 0) is 60.3 Å². The first-order valence-corrected chi connectivity index (χ1v) is 20.2. The Kier molecular flexibility index (Phi) is 19.0. The summed E-state index contributed by atoms with van der Waals surface area (Å²) in [5.41, 5.74) is 10.4. The molecule has 0 saturated heterocycles. The maximum atomic E-state index is 13.2. The first-order valence-electron chi connectivity index (χ1n) is 20.2. The fourth-order valence-electron chi connectivity index (χ4n) is 7.19. The Morgan fingerprint density at radius 1 is 0.544 bits per heavy atom. The van der Waals surface area contributed by atoms with Crippen molar-refractivity contribution in [2.45, 2.75) is 26.9 Å². The van der Waals surface area contributed by atoms with E-state index in [0.29, 0.717) is 11.4 Å². The Bertz CT molecular complexity index is 3210. The summed E-state index contributed by atoms with van der Waals surface area (Å²) >= 11 is 0. The Labute approximate surface area is 430 Å². The van der Waals surface area contributed by atoms with Crippen molar-refractivity contribution < 1.29 is 77.9 Å². The van der Waals surface area contributed by atoms with Gasteiger partial charge >= 0.3 is 0 Å². The van der Waals surface area contributed by atoms with Gasteiger partial charge in [0.15, 0.2) is 0 Å². The second-order valence-electron chi connectivity index (χ2n) is 14.6. The van der Waals surface area contributed by atoms with E-state index in [1.165, 1.54) is 38.5 Å². The standard InChI is InChI=1S/C24H19N2.2C11H6F2N.C6H5N5.3Ir/c1-15-11-12-21-20(13-15)18-9-4-5-10-19(18)24-25-14-22(26(21)24)23-16(2)7-6-8-17(23)3;2*12-8-4-5-9(10(13)7-8)11-3-1-2-6-14-11;1-2-4-7-5(3-1)6-8-10-11-9-6;;;/h4-9,11-14H,1-3H3;2*1-4,6-7H;1-4,6H;;;/q3*-1;;;;. The maximum Gasteiger partial charge on any atom is 0.226 e. The zero-order chi connectivity index (χ0) is 45.3. The number of benzene rings is 5. The van der Waals surface area contributed by atoms with Crippen molar-refractivity contribution in [1.82, 2.24) is 24.3 Å². The first kappa shape index (κ1) is 52.6. The van der Waals surface area contributed by atoms with Gasteiger partial charge in [0, 0.05) is 119 Å². The monoisotopic (exact) mass is 1440 g/mol. The largest absolute Gasteiger partial charge is 0.333 e. The molecule has 0 amide bonds. The molecule has 0 unspecified atom stereocenters. The van der Waals surface area contributed by atoms with Crippen molar-refractivity contribution in [3.63, 3.8) is 0 Å². The zero-order valence-corrected chi connectivity index (χ0v) is 43.3. The van der Waals surface area contributed by atoms with Crippen LogP contribution in [-0.4, -0.2) is 24.3 Å². The summed E-state index contributed by atoms with van der Waals surface area (Å²) in [6.45, 7) is 6.48. The molecule has 6 heterocycles. The quantitative estimate of drug-likeness (QED) is 0.0994. The number of nitrogens with zero attached hydrogens (tertiary/aromatic N) is 9. The number of hydrogen-bond acceptors (Lipinski definition) is 8. The number of imidazole rings is 1. The molecule has 16 heteroatoms. The van der Waals surface area contributed by atoms with E-state index >= 15 is 0 Å². The van der Waals surface area contributed by atoms with Gasteiger partial charge < -0.3 is 14.4 Å². The van der Waals surface area contributed by atoms with Gasteiger partial charge in [-0.1, -0.05) is 94.9 Å². The maximum absolute atomic E-state index is 13.2. The van der Waals surface area contributed by atoms with Gasteiger partial charge in [0.05, 0.1) is 17.0 Å². The Morgan fingerprint density at radius 2 is 1.12 bits per heavy atom. The minimum Gasteiger partial charge on any atom is -0.333 e. The van der Waals surface area contributed by atoms with Crippen molar-refractivity contribution in [3.05, 3.63) is 222 Å². The van der Waals surface area contributed by atoms with Gasteiger partial charge in [-0.2, -0.15) is 0 Å². The summed E-state index contributed by atoms with van der Waals surface area (Å²) in [4.78, 5) is 16.8. The molecule has 9 nitrogen and oxygen atoms in total. The molecule has 68 heavy (non-hydrogen) atoms. The third-order valence-corrected chi connectivity index (χ3v) is 10.1.